The summed E-state index contributed by atoms with van der Waals surface area (Å²) >= 11 is 0. The summed E-state index contributed by atoms with van der Waals surface area (Å²) in [5.74, 6) is -7.87. The topological polar surface area (TPSA) is 149 Å². The lowest BCUT2D eigenvalue weighted by Crippen LogP contribution is -2.61. The molecule has 114 valence electrons. The fourth-order valence-corrected chi connectivity index (χ4v) is 2.15. The zero-order chi connectivity index (χ0) is 16.6. The number of carboxylic acids is 2. The van der Waals surface area contributed by atoms with Crippen LogP contribution in [0.15, 0.2) is 24.3 Å². The lowest BCUT2D eigenvalue weighted by molar-refractivity contribution is -0.166. The molecule has 2 rings (SSSR count). The third kappa shape index (κ3) is 2.26. The average Bonchev–Trinajstić information content (AvgIpc) is 2.91. The van der Waals surface area contributed by atoms with E-state index >= 15 is 0 Å². The van der Waals surface area contributed by atoms with Crippen LogP contribution in [0.2, 0.25) is 0 Å². The molecule has 2 aliphatic heterocycles. The van der Waals surface area contributed by atoms with Crippen molar-refractivity contribution >= 4 is 35.6 Å². The summed E-state index contributed by atoms with van der Waals surface area (Å²) in [6.07, 6.45) is 3.07. The van der Waals surface area contributed by atoms with Gasteiger partial charge in [-0.15, -0.1) is 0 Å². The van der Waals surface area contributed by atoms with Crippen LogP contribution in [0.4, 0.5) is 0 Å². The highest BCUT2D eigenvalue weighted by Crippen LogP contribution is 2.20. The molecule has 0 fully saturated rings. The van der Waals surface area contributed by atoms with E-state index in [0.29, 0.717) is 0 Å². The minimum atomic E-state index is -2.24. The van der Waals surface area contributed by atoms with E-state index in [2.05, 4.69) is 0 Å². The molecule has 2 heterocycles. The quantitative estimate of drug-likeness (QED) is 0.540. The van der Waals surface area contributed by atoms with Crippen LogP contribution in [0.5, 0.6) is 0 Å². The van der Waals surface area contributed by atoms with Gasteiger partial charge in [-0.2, -0.15) is 0 Å². The van der Waals surface area contributed by atoms with Crippen LogP contribution in [0, 0.1) is 0 Å². The molecule has 0 aromatic heterocycles. The Morgan fingerprint density at radius 1 is 0.682 bits per heavy atom. The monoisotopic (exact) mass is 308 g/mol. The molecule has 10 nitrogen and oxygen atoms in total. The summed E-state index contributed by atoms with van der Waals surface area (Å²) in [6, 6.07) is -4.47. The SMILES string of the molecule is O=C(O)[C@H]([C@@H](C(=O)O)N1C(=O)C=CC1=O)N1C(=O)C=CC1=O. The minimum Gasteiger partial charge on any atom is -0.480 e. The van der Waals surface area contributed by atoms with Crippen molar-refractivity contribution in [3.8, 4) is 0 Å². The maximum Gasteiger partial charge on any atom is 0.329 e. The van der Waals surface area contributed by atoms with E-state index in [4.69, 9.17) is 0 Å². The van der Waals surface area contributed by atoms with E-state index in [9.17, 15) is 39.0 Å². The van der Waals surface area contributed by atoms with Crippen molar-refractivity contribution in [3.63, 3.8) is 0 Å². The number of carbonyl (C=O) groups excluding carboxylic acids is 4. The molecule has 2 N–H and O–H groups in total. The zero-order valence-electron chi connectivity index (χ0n) is 10.7. The molecule has 0 bridgehead atoms. The Morgan fingerprint density at radius 3 is 1.09 bits per heavy atom. The van der Waals surface area contributed by atoms with Gasteiger partial charge in [0.05, 0.1) is 0 Å². The summed E-state index contributed by atoms with van der Waals surface area (Å²) < 4.78 is 0. The number of hydrogen-bond donors (Lipinski definition) is 2. The van der Waals surface area contributed by atoms with Crippen LogP contribution in [-0.4, -0.2) is 67.7 Å². The van der Waals surface area contributed by atoms with E-state index in [-0.39, 0.29) is 9.80 Å². The Morgan fingerprint density at radius 2 is 0.909 bits per heavy atom. The number of nitrogens with zero attached hydrogens (tertiary/aromatic N) is 2. The molecule has 0 aromatic rings. The Balaban J connectivity index is 2.48. The first-order chi connectivity index (χ1) is 10.3. The smallest absolute Gasteiger partial charge is 0.329 e. The van der Waals surface area contributed by atoms with Crippen LogP contribution in [0.3, 0.4) is 0 Å². The number of amides is 4. The molecule has 0 saturated heterocycles. The van der Waals surface area contributed by atoms with Crippen LogP contribution in [0.25, 0.3) is 0 Å². The second kappa shape index (κ2) is 5.24. The van der Waals surface area contributed by atoms with Crippen molar-refractivity contribution in [2.45, 2.75) is 12.1 Å². The molecule has 0 unspecified atom stereocenters. The van der Waals surface area contributed by atoms with Crippen molar-refractivity contribution in [2.24, 2.45) is 0 Å². The van der Waals surface area contributed by atoms with E-state index in [1.165, 1.54) is 0 Å². The molecule has 0 aliphatic carbocycles. The van der Waals surface area contributed by atoms with Gasteiger partial charge in [0.2, 0.25) is 0 Å². The maximum absolute atomic E-state index is 11.6. The second-order valence-electron chi connectivity index (χ2n) is 4.33. The van der Waals surface area contributed by atoms with Gasteiger partial charge in [-0.25, -0.2) is 9.59 Å². The van der Waals surface area contributed by atoms with Crippen LogP contribution < -0.4 is 0 Å². The molecular weight excluding hydrogens is 300 g/mol. The average molecular weight is 308 g/mol. The maximum atomic E-state index is 11.6. The first kappa shape index (κ1) is 15.1. The second-order valence-corrected chi connectivity index (χ2v) is 4.33. The highest BCUT2D eigenvalue weighted by atomic mass is 16.4. The molecule has 4 amide bonds. The van der Waals surface area contributed by atoms with E-state index in [1.54, 1.807) is 0 Å². The van der Waals surface area contributed by atoms with Crippen LogP contribution >= 0.6 is 0 Å². The highest BCUT2D eigenvalue weighted by Gasteiger charge is 2.50. The number of carbonyl (C=O) groups is 6. The standard InChI is InChI=1S/C12H8N2O8/c15-5-1-2-6(16)13(5)9(11(19)20)10(12(21)22)14-7(17)3-4-8(14)18/h1-4,9-10H,(H,19,20)(H,21,22)/t9-,10-/m0/s1. The summed E-state index contributed by atoms with van der Waals surface area (Å²) in [4.78, 5) is 69.5. The Labute approximate surface area is 121 Å². The number of carboxylic acid groups (broad SMARTS) is 2. The van der Waals surface area contributed by atoms with Crippen LogP contribution in [0.1, 0.15) is 0 Å². The molecule has 22 heavy (non-hydrogen) atoms. The van der Waals surface area contributed by atoms with Crippen molar-refractivity contribution in [1.29, 1.82) is 0 Å². The van der Waals surface area contributed by atoms with E-state index < -0.39 is 47.7 Å². The first-order valence-electron chi connectivity index (χ1n) is 5.81. The van der Waals surface area contributed by atoms with Gasteiger partial charge in [-0.3, -0.25) is 29.0 Å². The fraction of sp³-hybridized carbons (Fsp3) is 0.167. The molecule has 0 spiro atoms. The van der Waals surface area contributed by atoms with E-state index in [0.717, 1.165) is 24.3 Å². The summed E-state index contributed by atoms with van der Waals surface area (Å²) in [6.45, 7) is 0. The largest absolute Gasteiger partial charge is 0.480 e. The van der Waals surface area contributed by atoms with Gasteiger partial charge in [0, 0.05) is 24.3 Å². The van der Waals surface area contributed by atoms with Crippen molar-refractivity contribution in [1.82, 2.24) is 9.80 Å². The van der Waals surface area contributed by atoms with Gasteiger partial charge >= 0.3 is 11.9 Å². The van der Waals surface area contributed by atoms with Gasteiger partial charge in [0.15, 0.2) is 12.1 Å². The molecule has 10 heteroatoms. The number of rotatable bonds is 5. The number of aliphatic carboxylic acids is 2. The van der Waals surface area contributed by atoms with Gasteiger partial charge in [-0.1, -0.05) is 0 Å². The predicted octanol–water partition coefficient (Wildman–Crippen LogP) is -2.26. The van der Waals surface area contributed by atoms with Crippen molar-refractivity contribution in [2.75, 3.05) is 0 Å². The van der Waals surface area contributed by atoms with Gasteiger partial charge in [-0.05, 0) is 0 Å². The lowest BCUT2D eigenvalue weighted by atomic mass is 10.0. The Kier molecular flexibility index (Phi) is 3.59. The van der Waals surface area contributed by atoms with Crippen molar-refractivity contribution in [3.05, 3.63) is 24.3 Å². The molecule has 2 atom stereocenters. The van der Waals surface area contributed by atoms with E-state index in [1.807, 2.05) is 0 Å². The zero-order valence-corrected chi connectivity index (χ0v) is 10.7. The number of imide groups is 2. The molecule has 2 aliphatic rings. The fourth-order valence-electron chi connectivity index (χ4n) is 2.15. The van der Waals surface area contributed by atoms with Crippen molar-refractivity contribution < 1.29 is 39.0 Å². The molecular formula is C12H8N2O8. The molecule has 0 radical (unpaired) electrons. The Hall–Kier alpha value is -3.30. The normalized spacial score (nSPS) is 20.0. The highest BCUT2D eigenvalue weighted by molar-refractivity contribution is 6.18. The van der Waals surface area contributed by atoms with Gasteiger partial charge in [0.1, 0.15) is 0 Å². The summed E-state index contributed by atoms with van der Waals surface area (Å²) in [5.41, 5.74) is 0. The van der Waals surface area contributed by atoms with Gasteiger partial charge in [0.25, 0.3) is 23.6 Å². The lowest BCUT2D eigenvalue weighted by Gasteiger charge is -2.31. The van der Waals surface area contributed by atoms with Crippen LogP contribution in [-0.2, 0) is 28.8 Å². The third-order valence-electron chi connectivity index (χ3n) is 3.05. The summed E-state index contributed by atoms with van der Waals surface area (Å²) in [5, 5.41) is 18.4. The van der Waals surface area contributed by atoms with Gasteiger partial charge < -0.3 is 10.2 Å². The first-order valence-corrected chi connectivity index (χ1v) is 5.81. The Bertz CT molecular complexity index is 583. The minimum absolute atomic E-state index is 0.181. The molecule has 0 saturated carbocycles. The summed E-state index contributed by atoms with van der Waals surface area (Å²) in [7, 11) is 0. The number of hydrogen-bond acceptors (Lipinski definition) is 6. The predicted molar refractivity (Wildman–Crippen MR) is 64.8 cm³/mol. The molecule has 0 aromatic carbocycles. The third-order valence-corrected chi connectivity index (χ3v) is 3.05.